The molecule has 3 nitrogen and oxygen atoms in total. The first kappa shape index (κ1) is 16.4. The molecule has 0 aromatic carbocycles. The van der Waals surface area contributed by atoms with Crippen LogP contribution in [0.2, 0.25) is 5.15 Å². The molecule has 0 atom stereocenters. The minimum atomic E-state index is -0.334. The van der Waals surface area contributed by atoms with Gasteiger partial charge < -0.3 is 4.74 Å². The predicted molar refractivity (Wildman–Crippen MR) is 90.1 cm³/mol. The van der Waals surface area contributed by atoms with Gasteiger partial charge in [0.15, 0.2) is 5.82 Å². The number of ether oxygens (including phenoxy) is 1. The Balaban J connectivity index is 2.41. The van der Waals surface area contributed by atoms with Crippen LogP contribution in [-0.4, -0.2) is 16.6 Å². The number of halogens is 2. The largest absolute Gasteiger partial charge is 0.367 e. The van der Waals surface area contributed by atoms with E-state index in [1.165, 1.54) is 0 Å². The molecule has 112 valence electrons. The van der Waals surface area contributed by atoms with E-state index in [0.717, 1.165) is 53.1 Å². The highest BCUT2D eigenvalue weighted by Crippen LogP contribution is 2.41. The van der Waals surface area contributed by atoms with Crippen LogP contribution < -0.4 is 0 Å². The Morgan fingerprint density at radius 2 is 1.95 bits per heavy atom. The number of aromatic nitrogens is 2. The summed E-state index contributed by atoms with van der Waals surface area (Å²) in [5.74, 6) is 1.54. The van der Waals surface area contributed by atoms with Gasteiger partial charge in [-0.1, -0.05) is 25.4 Å². The van der Waals surface area contributed by atoms with Gasteiger partial charge in [0.05, 0.1) is 9.26 Å². The van der Waals surface area contributed by atoms with Gasteiger partial charge in [-0.25, -0.2) is 9.97 Å². The smallest absolute Gasteiger partial charge is 0.162 e. The minimum Gasteiger partial charge on any atom is -0.367 e. The van der Waals surface area contributed by atoms with E-state index in [1.807, 2.05) is 6.92 Å². The highest BCUT2D eigenvalue weighted by Gasteiger charge is 2.39. The van der Waals surface area contributed by atoms with Crippen LogP contribution in [0.15, 0.2) is 0 Å². The normalized spacial score (nSPS) is 26.8. The summed E-state index contributed by atoms with van der Waals surface area (Å²) < 4.78 is 7.08. The van der Waals surface area contributed by atoms with Crippen molar-refractivity contribution in [3.8, 4) is 0 Å². The number of hydrogen-bond acceptors (Lipinski definition) is 3. The monoisotopic (exact) mass is 408 g/mol. The second-order valence-corrected chi connectivity index (χ2v) is 7.00. The molecule has 5 heteroatoms. The Morgan fingerprint density at radius 3 is 2.50 bits per heavy atom. The van der Waals surface area contributed by atoms with E-state index >= 15 is 0 Å². The van der Waals surface area contributed by atoms with Crippen molar-refractivity contribution in [3.05, 3.63) is 20.2 Å². The first-order chi connectivity index (χ1) is 9.52. The van der Waals surface area contributed by atoms with Crippen LogP contribution in [-0.2, 0) is 16.8 Å². The Morgan fingerprint density at radius 1 is 1.30 bits per heavy atom. The van der Waals surface area contributed by atoms with Crippen molar-refractivity contribution < 1.29 is 4.74 Å². The molecule has 1 aliphatic carbocycles. The lowest BCUT2D eigenvalue weighted by atomic mass is 9.79. The van der Waals surface area contributed by atoms with Crippen molar-refractivity contribution in [2.75, 3.05) is 6.61 Å². The Hall–Kier alpha value is 0.0600. The fraction of sp³-hybridized carbons (Fsp3) is 0.733. The van der Waals surface area contributed by atoms with Gasteiger partial charge in [-0.05, 0) is 67.5 Å². The van der Waals surface area contributed by atoms with Crippen molar-refractivity contribution in [1.82, 2.24) is 9.97 Å². The summed E-state index contributed by atoms with van der Waals surface area (Å²) in [5.41, 5.74) is 0.692. The SMILES string of the molecule is CCOC1(c2nc(Cl)c(I)c(CC)n2)CCC(C)CC1. The van der Waals surface area contributed by atoms with Crippen LogP contribution in [0.3, 0.4) is 0 Å². The molecule has 1 saturated carbocycles. The molecule has 0 aliphatic heterocycles. The number of aryl methyl sites for hydroxylation is 1. The van der Waals surface area contributed by atoms with Crippen molar-refractivity contribution >= 4 is 34.2 Å². The molecule has 0 unspecified atom stereocenters. The quantitative estimate of drug-likeness (QED) is 0.533. The third-order valence-electron chi connectivity index (χ3n) is 4.12. The Kier molecular flexibility index (Phi) is 5.65. The van der Waals surface area contributed by atoms with Crippen molar-refractivity contribution in [1.29, 1.82) is 0 Å². The fourth-order valence-corrected chi connectivity index (χ4v) is 3.65. The summed E-state index contributed by atoms with van der Waals surface area (Å²) in [6.45, 7) is 7.12. The highest BCUT2D eigenvalue weighted by atomic mass is 127. The summed E-state index contributed by atoms with van der Waals surface area (Å²) in [7, 11) is 0. The third-order valence-corrected chi connectivity index (χ3v) is 5.85. The molecule has 20 heavy (non-hydrogen) atoms. The maximum Gasteiger partial charge on any atom is 0.162 e. The zero-order valence-corrected chi connectivity index (χ0v) is 15.3. The molecule has 1 fully saturated rings. The van der Waals surface area contributed by atoms with E-state index in [0.29, 0.717) is 11.8 Å². The molecule has 1 aliphatic rings. The molecule has 1 heterocycles. The van der Waals surface area contributed by atoms with E-state index in [1.54, 1.807) is 0 Å². The molecule has 0 N–H and O–H groups in total. The van der Waals surface area contributed by atoms with Crippen molar-refractivity contribution in [2.24, 2.45) is 5.92 Å². The number of nitrogens with zero attached hydrogens (tertiary/aromatic N) is 2. The van der Waals surface area contributed by atoms with Gasteiger partial charge in [0.25, 0.3) is 0 Å². The van der Waals surface area contributed by atoms with Crippen LogP contribution in [0, 0.1) is 9.49 Å². The average molecular weight is 409 g/mol. The molecular weight excluding hydrogens is 387 g/mol. The van der Waals surface area contributed by atoms with E-state index in [4.69, 9.17) is 21.3 Å². The maximum atomic E-state index is 6.29. The van der Waals surface area contributed by atoms with Crippen molar-refractivity contribution in [3.63, 3.8) is 0 Å². The van der Waals surface area contributed by atoms with E-state index < -0.39 is 0 Å². The molecule has 0 spiro atoms. The third kappa shape index (κ3) is 3.28. The minimum absolute atomic E-state index is 0.334. The summed E-state index contributed by atoms with van der Waals surface area (Å²) in [6, 6.07) is 0. The summed E-state index contributed by atoms with van der Waals surface area (Å²) >= 11 is 8.52. The Labute approximate surface area is 140 Å². The fourth-order valence-electron chi connectivity index (χ4n) is 2.84. The first-order valence-electron chi connectivity index (χ1n) is 7.38. The second-order valence-electron chi connectivity index (χ2n) is 5.56. The number of rotatable bonds is 4. The van der Waals surface area contributed by atoms with Gasteiger partial charge in [0.1, 0.15) is 10.8 Å². The molecule has 0 amide bonds. The zero-order valence-electron chi connectivity index (χ0n) is 12.4. The standard InChI is InChI=1S/C15H22ClIN2O/c1-4-11-12(17)13(16)19-14(18-11)15(20-5-2)8-6-10(3)7-9-15/h10H,4-9H2,1-3H3. The van der Waals surface area contributed by atoms with Crippen LogP contribution in [0.1, 0.15) is 58.0 Å². The molecule has 2 rings (SSSR count). The second kappa shape index (κ2) is 6.88. The lowest BCUT2D eigenvalue weighted by molar-refractivity contribution is -0.0838. The first-order valence-corrected chi connectivity index (χ1v) is 8.84. The van der Waals surface area contributed by atoms with Crippen LogP contribution in [0.5, 0.6) is 0 Å². The molecule has 1 aromatic rings. The van der Waals surface area contributed by atoms with Crippen molar-refractivity contribution in [2.45, 2.75) is 58.5 Å². The van der Waals surface area contributed by atoms with Gasteiger partial charge in [0.2, 0.25) is 0 Å². The van der Waals surface area contributed by atoms with Crippen LogP contribution in [0.25, 0.3) is 0 Å². The lowest BCUT2D eigenvalue weighted by Gasteiger charge is -2.38. The van der Waals surface area contributed by atoms with Crippen LogP contribution in [0.4, 0.5) is 0 Å². The summed E-state index contributed by atoms with van der Waals surface area (Å²) in [4.78, 5) is 9.31. The molecular formula is C15H22ClIN2O. The van der Waals surface area contributed by atoms with Crippen LogP contribution >= 0.6 is 34.2 Å². The topological polar surface area (TPSA) is 35.0 Å². The maximum absolute atomic E-state index is 6.29. The average Bonchev–Trinajstić information content (AvgIpc) is 2.44. The molecule has 1 aromatic heterocycles. The van der Waals surface area contributed by atoms with Gasteiger partial charge in [-0.3, -0.25) is 0 Å². The Bertz CT molecular complexity index is 473. The van der Waals surface area contributed by atoms with Gasteiger partial charge in [-0.2, -0.15) is 0 Å². The van der Waals surface area contributed by atoms with Gasteiger partial charge in [-0.15, -0.1) is 0 Å². The van der Waals surface area contributed by atoms with Gasteiger partial charge in [0, 0.05) is 6.61 Å². The molecule has 0 radical (unpaired) electrons. The van der Waals surface area contributed by atoms with Gasteiger partial charge >= 0.3 is 0 Å². The summed E-state index contributed by atoms with van der Waals surface area (Å²) in [5, 5.41) is 0.560. The molecule has 0 saturated heterocycles. The predicted octanol–water partition coefficient (Wildman–Crippen LogP) is 4.74. The summed E-state index contributed by atoms with van der Waals surface area (Å²) in [6.07, 6.45) is 5.17. The lowest BCUT2D eigenvalue weighted by Crippen LogP contribution is -2.36. The molecule has 0 bridgehead atoms. The van der Waals surface area contributed by atoms with E-state index in [-0.39, 0.29) is 5.60 Å². The van der Waals surface area contributed by atoms with E-state index in [2.05, 4.69) is 41.4 Å². The zero-order chi connectivity index (χ0) is 14.8. The van der Waals surface area contributed by atoms with E-state index in [9.17, 15) is 0 Å². The number of hydrogen-bond donors (Lipinski definition) is 0. The highest BCUT2D eigenvalue weighted by molar-refractivity contribution is 14.1.